The molecular weight excluding hydrogens is 268 g/mol. The highest BCUT2D eigenvalue weighted by Gasteiger charge is 2.01. The maximum absolute atomic E-state index is 8.97. The van der Waals surface area contributed by atoms with E-state index in [1.807, 2.05) is 54.6 Å². The van der Waals surface area contributed by atoms with Gasteiger partial charge in [-0.05, 0) is 46.5 Å². The summed E-state index contributed by atoms with van der Waals surface area (Å²) in [6.45, 7) is 0. The second-order valence-electron chi connectivity index (χ2n) is 4.96. The summed E-state index contributed by atoms with van der Waals surface area (Å²) >= 11 is 0. The third-order valence-electron chi connectivity index (χ3n) is 3.56. The SMILES string of the molecule is N#Cc1ccc(-c2ccc(-c3cccc(C#N)c3)cc2)cc1. The van der Waals surface area contributed by atoms with Crippen molar-refractivity contribution in [2.75, 3.05) is 0 Å². The largest absolute Gasteiger partial charge is 0.192 e. The molecule has 0 radical (unpaired) electrons. The second-order valence-corrected chi connectivity index (χ2v) is 4.96. The van der Waals surface area contributed by atoms with Crippen LogP contribution < -0.4 is 0 Å². The summed E-state index contributed by atoms with van der Waals surface area (Å²) in [5, 5.41) is 17.8. The summed E-state index contributed by atoms with van der Waals surface area (Å²) < 4.78 is 0. The van der Waals surface area contributed by atoms with Crippen LogP contribution in [0.3, 0.4) is 0 Å². The van der Waals surface area contributed by atoms with E-state index in [4.69, 9.17) is 10.5 Å². The van der Waals surface area contributed by atoms with Gasteiger partial charge in [0.25, 0.3) is 0 Å². The minimum atomic E-state index is 0.661. The molecule has 0 fully saturated rings. The van der Waals surface area contributed by atoms with Gasteiger partial charge < -0.3 is 0 Å². The normalized spacial score (nSPS) is 9.73. The van der Waals surface area contributed by atoms with Gasteiger partial charge in [0, 0.05) is 0 Å². The Labute approximate surface area is 129 Å². The number of rotatable bonds is 2. The standard InChI is InChI=1S/C20H12N2/c21-13-15-4-6-17(7-5-15)18-8-10-19(11-9-18)20-3-1-2-16(12-20)14-22/h1-12H. The van der Waals surface area contributed by atoms with Crippen LogP contribution in [0.15, 0.2) is 72.8 Å². The average Bonchev–Trinajstić information content (AvgIpc) is 2.62. The molecule has 0 heterocycles. The minimum Gasteiger partial charge on any atom is -0.192 e. The Morgan fingerprint density at radius 2 is 1.00 bits per heavy atom. The molecule has 3 rings (SSSR count). The van der Waals surface area contributed by atoms with Gasteiger partial charge in [-0.1, -0.05) is 48.5 Å². The van der Waals surface area contributed by atoms with Crippen LogP contribution in [0, 0.1) is 22.7 Å². The van der Waals surface area contributed by atoms with E-state index in [0.29, 0.717) is 11.1 Å². The van der Waals surface area contributed by atoms with Gasteiger partial charge in [0.05, 0.1) is 23.3 Å². The lowest BCUT2D eigenvalue weighted by Gasteiger charge is -2.05. The molecule has 0 saturated heterocycles. The van der Waals surface area contributed by atoms with Crippen LogP contribution in [0.2, 0.25) is 0 Å². The summed E-state index contributed by atoms with van der Waals surface area (Å²) in [5.74, 6) is 0. The number of hydrogen-bond donors (Lipinski definition) is 0. The van der Waals surface area contributed by atoms with Crippen molar-refractivity contribution in [1.29, 1.82) is 10.5 Å². The second kappa shape index (κ2) is 5.95. The fraction of sp³-hybridized carbons (Fsp3) is 0. The molecule has 0 saturated carbocycles. The Morgan fingerprint density at radius 1 is 0.500 bits per heavy atom. The van der Waals surface area contributed by atoms with Gasteiger partial charge in [0.1, 0.15) is 0 Å². The maximum atomic E-state index is 8.97. The first-order chi connectivity index (χ1) is 10.8. The van der Waals surface area contributed by atoms with Gasteiger partial charge in [-0.3, -0.25) is 0 Å². The molecule has 0 aliphatic rings. The number of hydrogen-bond acceptors (Lipinski definition) is 2. The number of nitriles is 2. The van der Waals surface area contributed by atoms with E-state index in [1.54, 1.807) is 6.07 Å². The first-order valence-corrected chi connectivity index (χ1v) is 6.91. The molecule has 3 aromatic rings. The summed E-state index contributed by atoms with van der Waals surface area (Å²) in [5.41, 5.74) is 5.61. The number of benzene rings is 3. The molecule has 0 aromatic heterocycles. The van der Waals surface area contributed by atoms with Crippen LogP contribution in [-0.2, 0) is 0 Å². The van der Waals surface area contributed by atoms with Crippen LogP contribution in [-0.4, -0.2) is 0 Å². The Kier molecular flexibility index (Phi) is 3.69. The van der Waals surface area contributed by atoms with Crippen molar-refractivity contribution in [2.45, 2.75) is 0 Å². The van der Waals surface area contributed by atoms with Gasteiger partial charge >= 0.3 is 0 Å². The lowest BCUT2D eigenvalue weighted by molar-refractivity contribution is 1.48. The van der Waals surface area contributed by atoms with E-state index in [9.17, 15) is 0 Å². The smallest absolute Gasteiger partial charge is 0.0991 e. The van der Waals surface area contributed by atoms with Crippen LogP contribution in [0.4, 0.5) is 0 Å². The Morgan fingerprint density at radius 3 is 1.55 bits per heavy atom. The summed E-state index contributed by atoms with van der Waals surface area (Å²) in [6.07, 6.45) is 0. The molecule has 22 heavy (non-hydrogen) atoms. The van der Waals surface area contributed by atoms with Gasteiger partial charge in [-0.25, -0.2) is 0 Å². The third-order valence-corrected chi connectivity index (χ3v) is 3.56. The molecule has 2 heteroatoms. The van der Waals surface area contributed by atoms with Crippen molar-refractivity contribution in [3.63, 3.8) is 0 Å². The van der Waals surface area contributed by atoms with E-state index in [0.717, 1.165) is 22.3 Å². The number of nitrogens with zero attached hydrogens (tertiary/aromatic N) is 2. The molecule has 3 aromatic carbocycles. The van der Waals surface area contributed by atoms with Crippen molar-refractivity contribution in [2.24, 2.45) is 0 Å². The van der Waals surface area contributed by atoms with Gasteiger partial charge in [-0.15, -0.1) is 0 Å². The molecule has 0 amide bonds. The topological polar surface area (TPSA) is 47.6 Å². The molecule has 2 nitrogen and oxygen atoms in total. The molecule has 0 N–H and O–H groups in total. The highest BCUT2D eigenvalue weighted by atomic mass is 14.2. The van der Waals surface area contributed by atoms with Crippen molar-refractivity contribution in [3.05, 3.63) is 83.9 Å². The van der Waals surface area contributed by atoms with Crippen molar-refractivity contribution < 1.29 is 0 Å². The lowest BCUT2D eigenvalue weighted by Crippen LogP contribution is -1.82. The molecule has 0 bridgehead atoms. The molecule has 102 valence electrons. The van der Waals surface area contributed by atoms with Crippen LogP contribution in [0.1, 0.15) is 11.1 Å². The Balaban J connectivity index is 1.92. The average molecular weight is 280 g/mol. The molecule has 0 aliphatic carbocycles. The van der Waals surface area contributed by atoms with Crippen molar-refractivity contribution in [3.8, 4) is 34.4 Å². The van der Waals surface area contributed by atoms with Gasteiger partial charge in [-0.2, -0.15) is 10.5 Å². The zero-order valence-electron chi connectivity index (χ0n) is 11.8. The van der Waals surface area contributed by atoms with Gasteiger partial charge in [0.15, 0.2) is 0 Å². The quantitative estimate of drug-likeness (QED) is 0.679. The summed E-state index contributed by atoms with van der Waals surface area (Å²) in [7, 11) is 0. The molecule has 0 atom stereocenters. The van der Waals surface area contributed by atoms with Crippen LogP contribution >= 0.6 is 0 Å². The highest BCUT2D eigenvalue weighted by Crippen LogP contribution is 2.25. The van der Waals surface area contributed by atoms with Crippen LogP contribution in [0.5, 0.6) is 0 Å². The lowest BCUT2D eigenvalue weighted by atomic mass is 9.99. The first-order valence-electron chi connectivity index (χ1n) is 6.91. The zero-order valence-corrected chi connectivity index (χ0v) is 11.8. The van der Waals surface area contributed by atoms with Crippen molar-refractivity contribution >= 4 is 0 Å². The zero-order chi connectivity index (χ0) is 15.4. The fourth-order valence-electron chi connectivity index (χ4n) is 2.36. The third kappa shape index (κ3) is 2.73. The highest BCUT2D eigenvalue weighted by molar-refractivity contribution is 5.71. The Bertz CT molecular complexity index is 877. The van der Waals surface area contributed by atoms with E-state index in [2.05, 4.69) is 24.3 Å². The summed E-state index contributed by atoms with van der Waals surface area (Å²) in [4.78, 5) is 0. The van der Waals surface area contributed by atoms with Gasteiger partial charge in [0.2, 0.25) is 0 Å². The monoisotopic (exact) mass is 280 g/mol. The molecular formula is C20H12N2. The van der Waals surface area contributed by atoms with Crippen LogP contribution in [0.25, 0.3) is 22.3 Å². The van der Waals surface area contributed by atoms with E-state index in [-0.39, 0.29) is 0 Å². The Hall–Kier alpha value is -3.36. The minimum absolute atomic E-state index is 0.661. The van der Waals surface area contributed by atoms with E-state index >= 15 is 0 Å². The first kappa shape index (κ1) is 13.6. The molecule has 0 unspecified atom stereocenters. The molecule has 0 spiro atoms. The van der Waals surface area contributed by atoms with Crippen molar-refractivity contribution in [1.82, 2.24) is 0 Å². The summed E-state index contributed by atoms with van der Waals surface area (Å²) in [6, 6.07) is 27.6. The van der Waals surface area contributed by atoms with E-state index < -0.39 is 0 Å². The van der Waals surface area contributed by atoms with E-state index in [1.165, 1.54) is 0 Å². The maximum Gasteiger partial charge on any atom is 0.0991 e. The molecule has 0 aliphatic heterocycles. The fourth-order valence-corrected chi connectivity index (χ4v) is 2.36. The predicted octanol–water partition coefficient (Wildman–Crippen LogP) is 4.76. The predicted molar refractivity (Wildman–Crippen MR) is 86.7 cm³/mol.